The van der Waals surface area contributed by atoms with Crippen LogP contribution in [0.15, 0.2) is 18.5 Å². The second kappa shape index (κ2) is 3.98. The zero-order chi connectivity index (χ0) is 10.8. The van der Waals surface area contributed by atoms with Crippen LogP contribution in [0.2, 0.25) is 0 Å². The second-order valence-electron chi connectivity index (χ2n) is 3.96. The summed E-state index contributed by atoms with van der Waals surface area (Å²) in [5.74, 6) is 0.0613. The highest BCUT2D eigenvalue weighted by molar-refractivity contribution is 5.83. The summed E-state index contributed by atoms with van der Waals surface area (Å²) < 4.78 is 0. The molecular weight excluding hydrogens is 190 g/mol. The van der Waals surface area contributed by atoms with Crippen LogP contribution in [0.1, 0.15) is 17.5 Å². The third-order valence-electron chi connectivity index (χ3n) is 2.84. The fourth-order valence-corrected chi connectivity index (χ4v) is 1.81. The highest BCUT2D eigenvalue weighted by Crippen LogP contribution is 2.15. The average Bonchev–Trinajstić information content (AvgIpc) is 2.53. The minimum absolute atomic E-state index is 0.0613. The van der Waals surface area contributed by atoms with E-state index in [9.17, 15) is 4.79 Å². The standard InChI is InChI=1S/C11H15N3O/c1-8-6-13-4-2-9(8)7-14-5-3-10(12)11(14)15/h2,4,6,10H,3,5,7,12H2,1H3. The van der Waals surface area contributed by atoms with E-state index >= 15 is 0 Å². The molecule has 4 nitrogen and oxygen atoms in total. The lowest BCUT2D eigenvalue weighted by molar-refractivity contribution is -0.129. The van der Waals surface area contributed by atoms with Gasteiger partial charge in [-0.1, -0.05) is 0 Å². The van der Waals surface area contributed by atoms with E-state index in [0.29, 0.717) is 6.54 Å². The Morgan fingerprint density at radius 3 is 3.07 bits per heavy atom. The number of hydrogen-bond acceptors (Lipinski definition) is 3. The summed E-state index contributed by atoms with van der Waals surface area (Å²) in [6.07, 6.45) is 4.33. The Balaban J connectivity index is 2.10. The third-order valence-corrected chi connectivity index (χ3v) is 2.84. The lowest BCUT2D eigenvalue weighted by atomic mass is 10.1. The van der Waals surface area contributed by atoms with Gasteiger partial charge in [0.1, 0.15) is 0 Å². The third kappa shape index (κ3) is 1.99. The van der Waals surface area contributed by atoms with Gasteiger partial charge >= 0.3 is 0 Å². The molecule has 1 aromatic heterocycles. The molecular formula is C11H15N3O. The first kappa shape index (κ1) is 10.1. The van der Waals surface area contributed by atoms with Gasteiger partial charge in [0, 0.05) is 25.5 Å². The Hall–Kier alpha value is -1.42. The molecule has 0 saturated carbocycles. The van der Waals surface area contributed by atoms with Crippen molar-refractivity contribution in [2.45, 2.75) is 25.9 Å². The van der Waals surface area contributed by atoms with Crippen molar-refractivity contribution in [3.05, 3.63) is 29.6 Å². The van der Waals surface area contributed by atoms with Crippen LogP contribution in [0.4, 0.5) is 0 Å². The van der Waals surface area contributed by atoms with Gasteiger partial charge in [-0.15, -0.1) is 0 Å². The van der Waals surface area contributed by atoms with Crippen LogP contribution in [0, 0.1) is 6.92 Å². The van der Waals surface area contributed by atoms with Crippen LogP contribution >= 0.6 is 0 Å². The molecule has 1 unspecified atom stereocenters. The van der Waals surface area contributed by atoms with E-state index < -0.39 is 0 Å². The minimum Gasteiger partial charge on any atom is -0.337 e. The van der Waals surface area contributed by atoms with Crippen LogP contribution in [-0.2, 0) is 11.3 Å². The van der Waals surface area contributed by atoms with Gasteiger partial charge in [0.25, 0.3) is 0 Å². The molecule has 15 heavy (non-hydrogen) atoms. The molecule has 0 aliphatic carbocycles. The topological polar surface area (TPSA) is 59.2 Å². The summed E-state index contributed by atoms with van der Waals surface area (Å²) in [4.78, 5) is 17.4. The number of nitrogens with zero attached hydrogens (tertiary/aromatic N) is 2. The van der Waals surface area contributed by atoms with Gasteiger partial charge in [-0.3, -0.25) is 9.78 Å². The molecule has 2 heterocycles. The Bertz CT molecular complexity index is 378. The Labute approximate surface area is 89.1 Å². The predicted octanol–water partition coefficient (Wildman–Crippen LogP) is 0.450. The van der Waals surface area contributed by atoms with Gasteiger partial charge in [0.15, 0.2) is 0 Å². The van der Waals surface area contributed by atoms with E-state index in [4.69, 9.17) is 5.73 Å². The lowest BCUT2D eigenvalue weighted by Crippen LogP contribution is -2.33. The fourth-order valence-electron chi connectivity index (χ4n) is 1.81. The normalized spacial score (nSPS) is 21.1. The Morgan fingerprint density at radius 1 is 1.67 bits per heavy atom. The van der Waals surface area contributed by atoms with Crippen molar-refractivity contribution in [2.24, 2.45) is 5.73 Å². The van der Waals surface area contributed by atoms with E-state index in [0.717, 1.165) is 24.1 Å². The number of rotatable bonds is 2. The number of carbonyl (C=O) groups excluding carboxylic acids is 1. The van der Waals surface area contributed by atoms with Crippen LogP contribution in [0.5, 0.6) is 0 Å². The molecule has 2 rings (SSSR count). The van der Waals surface area contributed by atoms with Gasteiger partial charge in [-0.05, 0) is 30.5 Å². The molecule has 1 fully saturated rings. The van der Waals surface area contributed by atoms with Gasteiger partial charge in [-0.2, -0.15) is 0 Å². The lowest BCUT2D eigenvalue weighted by Gasteiger charge is -2.17. The maximum Gasteiger partial charge on any atom is 0.239 e. The molecule has 0 radical (unpaired) electrons. The molecule has 1 atom stereocenters. The highest BCUT2D eigenvalue weighted by atomic mass is 16.2. The molecule has 0 spiro atoms. The molecule has 1 saturated heterocycles. The summed E-state index contributed by atoms with van der Waals surface area (Å²) in [7, 11) is 0. The van der Waals surface area contributed by atoms with Crippen molar-refractivity contribution in [3.63, 3.8) is 0 Å². The summed E-state index contributed by atoms with van der Waals surface area (Å²) >= 11 is 0. The number of aryl methyl sites for hydroxylation is 1. The van der Waals surface area contributed by atoms with E-state index in [1.54, 1.807) is 6.20 Å². The minimum atomic E-state index is -0.299. The van der Waals surface area contributed by atoms with Crippen molar-refractivity contribution in [2.75, 3.05) is 6.54 Å². The molecule has 1 aliphatic heterocycles. The number of carbonyl (C=O) groups is 1. The van der Waals surface area contributed by atoms with E-state index in [1.165, 1.54) is 0 Å². The SMILES string of the molecule is Cc1cnccc1CN1CCC(N)C1=O. The van der Waals surface area contributed by atoms with Crippen LogP contribution in [-0.4, -0.2) is 28.4 Å². The summed E-state index contributed by atoms with van der Waals surface area (Å²) in [5.41, 5.74) is 7.92. The smallest absolute Gasteiger partial charge is 0.239 e. The maximum atomic E-state index is 11.6. The number of likely N-dealkylation sites (tertiary alicyclic amines) is 1. The highest BCUT2D eigenvalue weighted by Gasteiger charge is 2.28. The number of aromatic nitrogens is 1. The molecule has 1 amide bonds. The number of nitrogens with two attached hydrogens (primary N) is 1. The molecule has 4 heteroatoms. The fraction of sp³-hybridized carbons (Fsp3) is 0.455. The van der Waals surface area contributed by atoms with Crippen molar-refractivity contribution in [3.8, 4) is 0 Å². The Morgan fingerprint density at radius 2 is 2.47 bits per heavy atom. The van der Waals surface area contributed by atoms with Crippen LogP contribution < -0.4 is 5.73 Å². The molecule has 0 bridgehead atoms. The molecule has 2 N–H and O–H groups in total. The molecule has 80 valence electrons. The van der Waals surface area contributed by atoms with Crippen molar-refractivity contribution in [1.82, 2.24) is 9.88 Å². The summed E-state index contributed by atoms with van der Waals surface area (Å²) in [5, 5.41) is 0. The van der Waals surface area contributed by atoms with Gasteiger partial charge in [0.2, 0.25) is 5.91 Å². The first-order valence-corrected chi connectivity index (χ1v) is 5.12. The van der Waals surface area contributed by atoms with E-state index in [1.807, 2.05) is 24.1 Å². The second-order valence-corrected chi connectivity index (χ2v) is 3.96. The van der Waals surface area contributed by atoms with Gasteiger partial charge in [-0.25, -0.2) is 0 Å². The van der Waals surface area contributed by atoms with Gasteiger partial charge < -0.3 is 10.6 Å². The summed E-state index contributed by atoms with van der Waals surface area (Å²) in [6, 6.07) is 1.65. The first-order chi connectivity index (χ1) is 7.18. The molecule has 0 aromatic carbocycles. The predicted molar refractivity (Wildman–Crippen MR) is 57.0 cm³/mol. The number of amides is 1. The largest absolute Gasteiger partial charge is 0.337 e. The van der Waals surface area contributed by atoms with E-state index in [2.05, 4.69) is 4.98 Å². The number of pyridine rings is 1. The number of hydrogen-bond donors (Lipinski definition) is 1. The van der Waals surface area contributed by atoms with Crippen LogP contribution in [0.3, 0.4) is 0 Å². The Kier molecular flexibility index (Phi) is 2.68. The first-order valence-electron chi connectivity index (χ1n) is 5.12. The average molecular weight is 205 g/mol. The van der Waals surface area contributed by atoms with Gasteiger partial charge in [0.05, 0.1) is 6.04 Å². The van der Waals surface area contributed by atoms with Crippen molar-refractivity contribution >= 4 is 5.91 Å². The zero-order valence-corrected chi connectivity index (χ0v) is 8.81. The molecule has 1 aliphatic rings. The van der Waals surface area contributed by atoms with E-state index in [-0.39, 0.29) is 11.9 Å². The maximum absolute atomic E-state index is 11.6. The molecule has 1 aromatic rings. The van der Waals surface area contributed by atoms with Crippen molar-refractivity contribution < 1.29 is 4.79 Å². The summed E-state index contributed by atoms with van der Waals surface area (Å²) in [6.45, 7) is 3.42. The monoisotopic (exact) mass is 205 g/mol. The van der Waals surface area contributed by atoms with Crippen LogP contribution in [0.25, 0.3) is 0 Å². The quantitative estimate of drug-likeness (QED) is 0.762. The van der Waals surface area contributed by atoms with Crippen molar-refractivity contribution in [1.29, 1.82) is 0 Å². The zero-order valence-electron chi connectivity index (χ0n) is 8.81.